The molecule has 1 atom stereocenters. The molecule has 11 heavy (non-hydrogen) atoms. The Morgan fingerprint density at radius 1 is 1.64 bits per heavy atom. The second-order valence-corrected chi connectivity index (χ2v) is 2.70. The van der Waals surface area contributed by atoms with Crippen LogP contribution >= 0.6 is 0 Å². The summed E-state index contributed by atoms with van der Waals surface area (Å²) in [5.41, 5.74) is 5.50. The average Bonchev–Trinajstić information content (AvgIpc) is 1.85. The van der Waals surface area contributed by atoms with Gasteiger partial charge in [0.15, 0.2) is 0 Å². The first-order valence-corrected chi connectivity index (χ1v) is 3.85. The lowest BCUT2D eigenvalue weighted by atomic mass is 10.1. The van der Waals surface area contributed by atoms with Crippen LogP contribution < -0.4 is 11.1 Å². The van der Waals surface area contributed by atoms with Crippen LogP contribution in [-0.2, 0) is 0 Å². The zero-order valence-electron chi connectivity index (χ0n) is 6.84. The van der Waals surface area contributed by atoms with E-state index in [9.17, 15) is 4.79 Å². The lowest BCUT2D eigenvalue weighted by molar-refractivity contribution is 0.194. The van der Waals surface area contributed by atoms with Crippen molar-refractivity contribution < 1.29 is 9.90 Å². The summed E-state index contributed by atoms with van der Waals surface area (Å²) in [7, 11) is 0. The molecule has 0 heterocycles. The van der Waals surface area contributed by atoms with Gasteiger partial charge in [-0.3, -0.25) is 0 Å². The van der Waals surface area contributed by atoms with Gasteiger partial charge in [0.05, 0.1) is 0 Å². The Morgan fingerprint density at radius 2 is 2.27 bits per heavy atom. The number of nitrogens with two attached hydrogens (primary N) is 1. The third-order valence-electron chi connectivity index (χ3n) is 1.36. The quantitative estimate of drug-likeness (QED) is 0.520. The van der Waals surface area contributed by atoms with Crippen molar-refractivity contribution in [3.63, 3.8) is 0 Å². The molecule has 66 valence electrons. The first-order chi connectivity index (χ1) is 5.13. The molecule has 4 N–H and O–H groups in total. The van der Waals surface area contributed by atoms with Crippen LogP contribution in [-0.4, -0.2) is 23.8 Å². The summed E-state index contributed by atoms with van der Waals surface area (Å²) in [6.07, 6.45) is 1.86. The highest BCUT2D eigenvalue weighted by atomic mass is 16.4. The van der Waals surface area contributed by atoms with Crippen molar-refractivity contribution in [1.29, 1.82) is 0 Å². The van der Waals surface area contributed by atoms with Gasteiger partial charge in [0, 0.05) is 12.6 Å². The van der Waals surface area contributed by atoms with E-state index in [2.05, 4.69) is 5.32 Å². The van der Waals surface area contributed by atoms with Gasteiger partial charge in [0.1, 0.15) is 0 Å². The number of unbranched alkanes of at least 4 members (excludes halogenated alkanes) is 1. The number of hydrogen-bond donors (Lipinski definition) is 3. The topological polar surface area (TPSA) is 75.3 Å². The van der Waals surface area contributed by atoms with Gasteiger partial charge in [-0.1, -0.05) is 6.42 Å². The summed E-state index contributed by atoms with van der Waals surface area (Å²) in [6, 6.07) is 0.222. The van der Waals surface area contributed by atoms with Crippen LogP contribution in [0.3, 0.4) is 0 Å². The summed E-state index contributed by atoms with van der Waals surface area (Å²) >= 11 is 0. The molecule has 0 saturated carbocycles. The molecule has 0 aromatic carbocycles. The maximum atomic E-state index is 9.96. The van der Waals surface area contributed by atoms with E-state index >= 15 is 0 Å². The first kappa shape index (κ1) is 10.2. The second kappa shape index (κ2) is 5.97. The van der Waals surface area contributed by atoms with E-state index in [0.29, 0.717) is 6.54 Å². The van der Waals surface area contributed by atoms with Crippen LogP contribution in [0.25, 0.3) is 0 Å². The van der Waals surface area contributed by atoms with Crippen molar-refractivity contribution in [3.05, 3.63) is 0 Å². The van der Waals surface area contributed by atoms with Crippen LogP contribution in [0.5, 0.6) is 0 Å². The van der Waals surface area contributed by atoms with Gasteiger partial charge in [-0.05, 0) is 19.8 Å². The molecule has 0 aliphatic carbocycles. The zero-order valence-corrected chi connectivity index (χ0v) is 6.84. The van der Waals surface area contributed by atoms with Gasteiger partial charge in [-0.25, -0.2) is 4.79 Å². The van der Waals surface area contributed by atoms with E-state index in [1.807, 2.05) is 6.92 Å². The molecule has 0 fully saturated rings. The van der Waals surface area contributed by atoms with E-state index in [4.69, 9.17) is 10.8 Å². The number of nitrogens with one attached hydrogen (secondary N) is 1. The predicted octanol–water partition coefficient (Wildman–Crippen LogP) is 0.772. The van der Waals surface area contributed by atoms with E-state index in [0.717, 1.165) is 19.3 Å². The highest BCUT2D eigenvalue weighted by molar-refractivity contribution is 5.64. The summed E-state index contributed by atoms with van der Waals surface area (Å²) < 4.78 is 0. The molecule has 0 aliphatic rings. The number of carboxylic acid groups (broad SMARTS) is 1. The average molecular weight is 160 g/mol. The molecule has 0 bridgehead atoms. The highest BCUT2D eigenvalue weighted by Crippen LogP contribution is 1.96. The minimum atomic E-state index is -0.953. The maximum Gasteiger partial charge on any atom is 0.404 e. The Bertz CT molecular complexity index is 115. The van der Waals surface area contributed by atoms with E-state index in [-0.39, 0.29) is 6.04 Å². The number of amides is 1. The predicted molar refractivity (Wildman–Crippen MR) is 43.5 cm³/mol. The van der Waals surface area contributed by atoms with E-state index in [1.54, 1.807) is 0 Å². The van der Waals surface area contributed by atoms with Crippen LogP contribution in [0.4, 0.5) is 4.79 Å². The summed E-state index contributed by atoms with van der Waals surface area (Å²) in [4.78, 5) is 9.96. The Balaban J connectivity index is 2.97. The minimum absolute atomic E-state index is 0.222. The molecule has 0 aromatic rings. The zero-order chi connectivity index (χ0) is 8.69. The smallest absolute Gasteiger partial charge is 0.404 e. The Kier molecular flexibility index (Phi) is 5.56. The van der Waals surface area contributed by atoms with Gasteiger partial charge in [0.25, 0.3) is 0 Å². The lowest BCUT2D eigenvalue weighted by Gasteiger charge is -2.03. The third-order valence-corrected chi connectivity index (χ3v) is 1.36. The molecule has 0 rings (SSSR count). The normalized spacial score (nSPS) is 12.5. The molecule has 4 heteroatoms. The standard InChI is InChI=1S/C7H16N2O2/c1-6(8)4-2-3-5-9-7(10)11/h6,9H,2-5,8H2,1H3,(H,10,11). The van der Waals surface area contributed by atoms with Crippen molar-refractivity contribution in [2.24, 2.45) is 5.73 Å². The fourth-order valence-corrected chi connectivity index (χ4v) is 0.787. The molecular formula is C7H16N2O2. The Labute approximate surface area is 66.8 Å². The van der Waals surface area contributed by atoms with Crippen LogP contribution in [0.2, 0.25) is 0 Å². The first-order valence-electron chi connectivity index (χ1n) is 3.85. The number of hydrogen-bond acceptors (Lipinski definition) is 2. The van der Waals surface area contributed by atoms with Crippen LogP contribution in [0.15, 0.2) is 0 Å². The summed E-state index contributed by atoms with van der Waals surface area (Å²) in [6.45, 7) is 2.48. The van der Waals surface area contributed by atoms with E-state index < -0.39 is 6.09 Å². The van der Waals surface area contributed by atoms with E-state index in [1.165, 1.54) is 0 Å². The molecule has 4 nitrogen and oxygen atoms in total. The van der Waals surface area contributed by atoms with Crippen LogP contribution in [0.1, 0.15) is 26.2 Å². The van der Waals surface area contributed by atoms with Crippen molar-refractivity contribution in [2.45, 2.75) is 32.2 Å². The van der Waals surface area contributed by atoms with Gasteiger partial charge >= 0.3 is 6.09 Å². The van der Waals surface area contributed by atoms with Crippen LogP contribution in [0, 0.1) is 0 Å². The largest absolute Gasteiger partial charge is 0.465 e. The molecule has 0 aromatic heterocycles. The monoisotopic (exact) mass is 160 g/mol. The second-order valence-electron chi connectivity index (χ2n) is 2.70. The number of rotatable bonds is 5. The SMILES string of the molecule is CC(N)CCCCNC(=O)O. The summed E-state index contributed by atoms with van der Waals surface area (Å²) in [5, 5.41) is 10.5. The van der Waals surface area contributed by atoms with Gasteiger partial charge in [-0.15, -0.1) is 0 Å². The number of carbonyl (C=O) groups is 1. The third kappa shape index (κ3) is 9.23. The molecule has 0 spiro atoms. The maximum absolute atomic E-state index is 9.96. The fourth-order valence-electron chi connectivity index (χ4n) is 0.787. The van der Waals surface area contributed by atoms with Crippen molar-refractivity contribution in [3.8, 4) is 0 Å². The van der Waals surface area contributed by atoms with Crippen molar-refractivity contribution in [1.82, 2.24) is 5.32 Å². The molecule has 0 saturated heterocycles. The Morgan fingerprint density at radius 3 is 2.73 bits per heavy atom. The molecule has 1 unspecified atom stereocenters. The molecule has 0 aliphatic heterocycles. The lowest BCUT2D eigenvalue weighted by Crippen LogP contribution is -2.22. The summed E-state index contributed by atoms with van der Waals surface area (Å²) in [5.74, 6) is 0. The minimum Gasteiger partial charge on any atom is -0.465 e. The molecule has 0 radical (unpaired) electrons. The van der Waals surface area contributed by atoms with Gasteiger partial charge < -0.3 is 16.2 Å². The highest BCUT2D eigenvalue weighted by Gasteiger charge is 1.95. The molecule has 1 amide bonds. The Hall–Kier alpha value is -0.770. The van der Waals surface area contributed by atoms with Crippen molar-refractivity contribution in [2.75, 3.05) is 6.54 Å². The fraction of sp³-hybridized carbons (Fsp3) is 0.857. The molecular weight excluding hydrogens is 144 g/mol. The van der Waals surface area contributed by atoms with Gasteiger partial charge in [-0.2, -0.15) is 0 Å². The van der Waals surface area contributed by atoms with Crippen molar-refractivity contribution >= 4 is 6.09 Å². The van der Waals surface area contributed by atoms with Gasteiger partial charge in [0.2, 0.25) is 0 Å².